The van der Waals surface area contributed by atoms with Crippen LogP contribution in [-0.4, -0.2) is 40.3 Å². The minimum absolute atomic E-state index is 0.530. The summed E-state index contributed by atoms with van der Waals surface area (Å²) in [5, 5.41) is 0. The maximum absolute atomic E-state index is 7.06. The highest BCUT2D eigenvalue weighted by molar-refractivity contribution is 5.77. The summed E-state index contributed by atoms with van der Waals surface area (Å²) in [5.41, 5.74) is 1.58. The first kappa shape index (κ1) is 16.4. The van der Waals surface area contributed by atoms with E-state index in [1.54, 1.807) is 21.3 Å². The Hall–Kier alpha value is -2.61. The Balaban J connectivity index is 3.40. The zero-order valence-electron chi connectivity index (χ0n) is 13.0. The number of hydrogen-bond donors (Lipinski definition) is 0. The van der Waals surface area contributed by atoms with E-state index >= 15 is 0 Å². The number of rotatable bonds is 6. The molecular formula is C16H20N2O3. The van der Waals surface area contributed by atoms with E-state index in [4.69, 9.17) is 20.8 Å². The van der Waals surface area contributed by atoms with E-state index in [9.17, 15) is 0 Å². The van der Waals surface area contributed by atoms with Crippen LogP contribution in [-0.2, 0) is 0 Å². The Labute approximate surface area is 125 Å². The number of allylic oxidation sites excluding steroid dienone is 2. The number of methoxy groups -OCH3 is 3. The second-order valence-electron chi connectivity index (χ2n) is 4.41. The summed E-state index contributed by atoms with van der Waals surface area (Å²) >= 11 is 0. The molecular weight excluding hydrogens is 268 g/mol. The van der Waals surface area contributed by atoms with Crippen molar-refractivity contribution in [1.29, 1.82) is 0 Å². The van der Waals surface area contributed by atoms with Crippen molar-refractivity contribution < 1.29 is 14.2 Å². The van der Waals surface area contributed by atoms with Crippen LogP contribution < -0.4 is 14.2 Å². The van der Waals surface area contributed by atoms with Gasteiger partial charge < -0.3 is 19.1 Å². The maximum Gasteiger partial charge on any atom is 0.203 e. The van der Waals surface area contributed by atoms with Gasteiger partial charge in [-0.25, -0.2) is 4.85 Å². The van der Waals surface area contributed by atoms with E-state index < -0.39 is 0 Å². The SMILES string of the molecule is [C-]#[N+]/C=C(\C=C\N(C)C)c1cc(OC)c(OC)c(OC)c1. The molecule has 21 heavy (non-hydrogen) atoms. The monoisotopic (exact) mass is 288 g/mol. The van der Waals surface area contributed by atoms with Gasteiger partial charge in [0.05, 0.1) is 27.9 Å². The highest BCUT2D eigenvalue weighted by Gasteiger charge is 2.14. The average molecular weight is 288 g/mol. The van der Waals surface area contributed by atoms with E-state index in [-0.39, 0.29) is 0 Å². The predicted octanol–water partition coefficient (Wildman–Crippen LogP) is 3.05. The number of ether oxygens (including phenoxy) is 3. The van der Waals surface area contributed by atoms with Crippen LogP contribution in [0.2, 0.25) is 0 Å². The molecule has 0 bridgehead atoms. The van der Waals surface area contributed by atoms with Crippen molar-refractivity contribution in [3.05, 3.63) is 47.6 Å². The second kappa shape index (κ2) is 7.85. The van der Waals surface area contributed by atoms with E-state index in [2.05, 4.69) is 4.85 Å². The third kappa shape index (κ3) is 4.18. The molecule has 0 aliphatic carbocycles. The number of nitrogens with zero attached hydrogens (tertiary/aromatic N) is 2. The molecule has 0 fully saturated rings. The van der Waals surface area contributed by atoms with Crippen LogP contribution in [0, 0.1) is 6.57 Å². The minimum Gasteiger partial charge on any atom is -0.493 e. The van der Waals surface area contributed by atoms with Crippen molar-refractivity contribution in [1.82, 2.24) is 4.90 Å². The lowest BCUT2D eigenvalue weighted by Gasteiger charge is -2.14. The van der Waals surface area contributed by atoms with Crippen molar-refractivity contribution in [2.45, 2.75) is 0 Å². The molecule has 1 aromatic rings. The van der Waals surface area contributed by atoms with Crippen LogP contribution in [0.15, 0.2) is 30.6 Å². The third-order valence-electron chi connectivity index (χ3n) is 2.75. The summed E-state index contributed by atoms with van der Waals surface area (Å²) in [4.78, 5) is 5.25. The van der Waals surface area contributed by atoms with E-state index in [1.165, 1.54) is 6.20 Å². The summed E-state index contributed by atoms with van der Waals surface area (Å²) in [6.45, 7) is 7.06. The fourth-order valence-electron chi connectivity index (χ4n) is 1.76. The van der Waals surface area contributed by atoms with Crippen LogP contribution in [0.25, 0.3) is 10.4 Å². The normalized spacial score (nSPS) is 11.1. The van der Waals surface area contributed by atoms with Crippen molar-refractivity contribution in [2.24, 2.45) is 0 Å². The van der Waals surface area contributed by atoms with Crippen LogP contribution >= 0.6 is 0 Å². The molecule has 1 rings (SSSR count). The van der Waals surface area contributed by atoms with E-state index in [0.717, 1.165) is 11.1 Å². The first-order valence-corrected chi connectivity index (χ1v) is 6.29. The molecule has 0 N–H and O–H groups in total. The molecule has 0 heterocycles. The lowest BCUT2D eigenvalue weighted by Crippen LogP contribution is -2.00. The molecule has 0 unspecified atom stereocenters. The van der Waals surface area contributed by atoms with Gasteiger partial charge in [-0.15, -0.1) is 0 Å². The summed E-state index contributed by atoms with van der Waals surface area (Å²) in [7, 11) is 8.52. The van der Waals surface area contributed by atoms with Crippen LogP contribution in [0.1, 0.15) is 5.56 Å². The third-order valence-corrected chi connectivity index (χ3v) is 2.75. The maximum atomic E-state index is 7.06. The molecule has 0 saturated carbocycles. The molecule has 5 nitrogen and oxygen atoms in total. The lowest BCUT2D eigenvalue weighted by atomic mass is 10.1. The van der Waals surface area contributed by atoms with E-state index in [0.29, 0.717) is 17.2 Å². The van der Waals surface area contributed by atoms with Gasteiger partial charge >= 0.3 is 0 Å². The fourth-order valence-corrected chi connectivity index (χ4v) is 1.76. The quantitative estimate of drug-likeness (QED) is 0.595. The molecule has 0 atom stereocenters. The van der Waals surface area contributed by atoms with Crippen molar-refractivity contribution in [3.63, 3.8) is 0 Å². The van der Waals surface area contributed by atoms with Gasteiger partial charge in [-0.2, -0.15) is 0 Å². The fraction of sp³-hybridized carbons (Fsp3) is 0.312. The van der Waals surface area contributed by atoms with Gasteiger partial charge in [0.25, 0.3) is 0 Å². The Kier molecular flexibility index (Phi) is 6.15. The molecule has 0 aliphatic heterocycles. The molecule has 0 amide bonds. The predicted molar refractivity (Wildman–Crippen MR) is 83.5 cm³/mol. The second-order valence-corrected chi connectivity index (χ2v) is 4.41. The minimum atomic E-state index is 0.530. The standard InChI is InChI=1S/C16H20N2O3/c1-17-11-12(7-8-18(2)3)13-9-14(19-4)16(21-6)15(10-13)20-5/h7-11H,2-6H3/b8-7+,12-11+. The molecule has 0 aliphatic rings. The summed E-state index contributed by atoms with van der Waals surface area (Å²) < 4.78 is 16.0. The van der Waals surface area contributed by atoms with Gasteiger partial charge in [-0.3, -0.25) is 0 Å². The smallest absolute Gasteiger partial charge is 0.203 e. The Morgan fingerprint density at radius 3 is 2.05 bits per heavy atom. The van der Waals surface area contributed by atoms with Gasteiger partial charge in [0.2, 0.25) is 5.75 Å². The number of hydrogen-bond acceptors (Lipinski definition) is 4. The largest absolute Gasteiger partial charge is 0.493 e. The Morgan fingerprint density at radius 2 is 1.67 bits per heavy atom. The lowest BCUT2D eigenvalue weighted by molar-refractivity contribution is 0.324. The Bertz CT molecular complexity index is 559. The molecule has 5 heteroatoms. The zero-order chi connectivity index (χ0) is 15.8. The molecule has 0 saturated heterocycles. The molecule has 112 valence electrons. The van der Waals surface area contributed by atoms with Gasteiger partial charge in [-0.05, 0) is 35.5 Å². The molecule has 0 aromatic heterocycles. The summed E-state index contributed by atoms with van der Waals surface area (Å²) in [6, 6.07) is 3.64. The van der Waals surface area contributed by atoms with Crippen LogP contribution in [0.5, 0.6) is 17.2 Å². The zero-order valence-corrected chi connectivity index (χ0v) is 13.0. The van der Waals surface area contributed by atoms with Gasteiger partial charge in [-0.1, -0.05) is 0 Å². The molecule has 1 aromatic carbocycles. The van der Waals surface area contributed by atoms with Gasteiger partial charge in [0.1, 0.15) is 0 Å². The van der Waals surface area contributed by atoms with Crippen LogP contribution in [0.3, 0.4) is 0 Å². The van der Waals surface area contributed by atoms with Gasteiger partial charge in [0.15, 0.2) is 17.7 Å². The highest BCUT2D eigenvalue weighted by Crippen LogP contribution is 2.40. The van der Waals surface area contributed by atoms with Crippen LogP contribution in [0.4, 0.5) is 0 Å². The van der Waals surface area contributed by atoms with Crippen molar-refractivity contribution in [3.8, 4) is 17.2 Å². The first-order valence-electron chi connectivity index (χ1n) is 6.29. The molecule has 0 radical (unpaired) electrons. The topological polar surface area (TPSA) is 35.3 Å². The Morgan fingerprint density at radius 1 is 1.10 bits per heavy atom. The van der Waals surface area contributed by atoms with E-state index in [1.807, 2.05) is 43.4 Å². The highest BCUT2D eigenvalue weighted by atomic mass is 16.5. The van der Waals surface area contributed by atoms with Crippen molar-refractivity contribution in [2.75, 3.05) is 35.4 Å². The number of benzene rings is 1. The summed E-state index contributed by atoms with van der Waals surface area (Å²) in [5.74, 6) is 1.64. The van der Waals surface area contributed by atoms with Gasteiger partial charge in [0, 0.05) is 14.1 Å². The average Bonchev–Trinajstić information content (AvgIpc) is 2.49. The first-order chi connectivity index (χ1) is 10.1. The summed E-state index contributed by atoms with van der Waals surface area (Å²) in [6.07, 6.45) is 5.19. The van der Waals surface area contributed by atoms with Crippen molar-refractivity contribution >= 4 is 5.57 Å². The molecule has 0 spiro atoms.